The van der Waals surface area contributed by atoms with E-state index < -0.39 is 11.6 Å². The predicted molar refractivity (Wildman–Crippen MR) is 69.1 cm³/mol. The van der Waals surface area contributed by atoms with Crippen molar-refractivity contribution in [3.05, 3.63) is 34.9 Å². The molecule has 0 bridgehead atoms. The molecule has 0 unspecified atom stereocenters. The van der Waals surface area contributed by atoms with Crippen molar-refractivity contribution < 1.29 is 13.6 Å². The van der Waals surface area contributed by atoms with Gasteiger partial charge in [0.15, 0.2) is 0 Å². The fourth-order valence-corrected chi connectivity index (χ4v) is 2.33. The van der Waals surface area contributed by atoms with Crippen LogP contribution in [0.4, 0.5) is 8.78 Å². The average molecular weight is 268 g/mol. The lowest BCUT2D eigenvalue weighted by Gasteiger charge is -2.42. The van der Waals surface area contributed by atoms with Crippen LogP contribution in [0.5, 0.6) is 0 Å². The first-order chi connectivity index (χ1) is 8.83. The zero-order valence-electron chi connectivity index (χ0n) is 11.4. The molecule has 1 saturated heterocycles. The van der Waals surface area contributed by atoms with Crippen LogP contribution in [-0.4, -0.2) is 36.0 Å². The molecule has 1 aliphatic rings. The van der Waals surface area contributed by atoms with Gasteiger partial charge in [0.1, 0.15) is 11.6 Å². The molecule has 1 fully saturated rings. The molecule has 0 spiro atoms. The van der Waals surface area contributed by atoms with E-state index in [2.05, 4.69) is 5.32 Å². The molecule has 1 heterocycles. The molecule has 3 nitrogen and oxygen atoms in total. The zero-order valence-corrected chi connectivity index (χ0v) is 11.4. The SMILES string of the molecule is Cc1cc(C(=O)N2CCNCC2(C)C)c(F)cc1F. The van der Waals surface area contributed by atoms with Gasteiger partial charge in [-0.05, 0) is 32.4 Å². The third-order valence-corrected chi connectivity index (χ3v) is 3.52. The molecule has 1 N–H and O–H groups in total. The number of aryl methyl sites for hydroxylation is 1. The Morgan fingerprint density at radius 3 is 2.63 bits per heavy atom. The summed E-state index contributed by atoms with van der Waals surface area (Å²) >= 11 is 0. The highest BCUT2D eigenvalue weighted by Crippen LogP contribution is 2.22. The van der Waals surface area contributed by atoms with Gasteiger partial charge >= 0.3 is 0 Å². The smallest absolute Gasteiger partial charge is 0.257 e. The van der Waals surface area contributed by atoms with Gasteiger partial charge in [-0.25, -0.2) is 8.78 Å². The third-order valence-electron chi connectivity index (χ3n) is 3.52. The molecule has 19 heavy (non-hydrogen) atoms. The summed E-state index contributed by atoms with van der Waals surface area (Å²) in [6.45, 7) is 7.21. The summed E-state index contributed by atoms with van der Waals surface area (Å²) in [6, 6.07) is 2.06. The maximum absolute atomic E-state index is 13.8. The second kappa shape index (κ2) is 4.89. The first-order valence-electron chi connectivity index (χ1n) is 6.31. The lowest BCUT2D eigenvalue weighted by molar-refractivity contribution is 0.0472. The highest BCUT2D eigenvalue weighted by molar-refractivity contribution is 5.95. The quantitative estimate of drug-likeness (QED) is 0.846. The molecule has 2 rings (SSSR count). The zero-order chi connectivity index (χ0) is 14.2. The monoisotopic (exact) mass is 268 g/mol. The van der Waals surface area contributed by atoms with Crippen molar-refractivity contribution in [3.8, 4) is 0 Å². The molecule has 0 aromatic heterocycles. The van der Waals surface area contributed by atoms with Gasteiger partial charge in [-0.3, -0.25) is 4.79 Å². The fourth-order valence-electron chi connectivity index (χ4n) is 2.33. The fraction of sp³-hybridized carbons (Fsp3) is 0.500. The first kappa shape index (κ1) is 13.9. The topological polar surface area (TPSA) is 32.3 Å². The Hall–Kier alpha value is -1.49. The number of amides is 1. The molecular formula is C14H18F2N2O. The van der Waals surface area contributed by atoms with E-state index in [0.29, 0.717) is 19.6 Å². The maximum Gasteiger partial charge on any atom is 0.257 e. The number of carbonyl (C=O) groups is 1. The van der Waals surface area contributed by atoms with E-state index in [1.165, 1.54) is 13.0 Å². The number of hydrogen-bond acceptors (Lipinski definition) is 2. The van der Waals surface area contributed by atoms with Crippen molar-refractivity contribution in [3.63, 3.8) is 0 Å². The van der Waals surface area contributed by atoms with E-state index in [1.54, 1.807) is 4.90 Å². The van der Waals surface area contributed by atoms with Crippen molar-refractivity contribution in [2.24, 2.45) is 0 Å². The molecule has 104 valence electrons. The van der Waals surface area contributed by atoms with Crippen LogP contribution >= 0.6 is 0 Å². The Morgan fingerprint density at radius 2 is 2.00 bits per heavy atom. The van der Waals surface area contributed by atoms with Gasteiger partial charge in [0.2, 0.25) is 0 Å². The van der Waals surface area contributed by atoms with Gasteiger partial charge in [-0.1, -0.05) is 0 Å². The highest BCUT2D eigenvalue weighted by atomic mass is 19.1. The summed E-state index contributed by atoms with van der Waals surface area (Å²) in [5.74, 6) is -1.82. The van der Waals surface area contributed by atoms with Crippen LogP contribution in [-0.2, 0) is 0 Å². The highest BCUT2D eigenvalue weighted by Gasteiger charge is 2.34. The maximum atomic E-state index is 13.8. The minimum atomic E-state index is -0.803. The second-order valence-corrected chi connectivity index (χ2v) is 5.53. The van der Waals surface area contributed by atoms with Crippen LogP contribution in [0.2, 0.25) is 0 Å². The van der Waals surface area contributed by atoms with Gasteiger partial charge in [0, 0.05) is 25.7 Å². The third kappa shape index (κ3) is 2.61. The van der Waals surface area contributed by atoms with Crippen molar-refractivity contribution in [1.82, 2.24) is 10.2 Å². The van der Waals surface area contributed by atoms with Gasteiger partial charge in [-0.15, -0.1) is 0 Å². The Kier molecular flexibility index (Phi) is 3.58. The van der Waals surface area contributed by atoms with E-state index in [0.717, 1.165) is 6.07 Å². The largest absolute Gasteiger partial charge is 0.331 e. The van der Waals surface area contributed by atoms with Gasteiger partial charge < -0.3 is 10.2 Å². The van der Waals surface area contributed by atoms with Crippen molar-refractivity contribution in [2.45, 2.75) is 26.3 Å². The van der Waals surface area contributed by atoms with E-state index in [9.17, 15) is 13.6 Å². The van der Waals surface area contributed by atoms with Crippen LogP contribution in [0.3, 0.4) is 0 Å². The van der Waals surface area contributed by atoms with E-state index in [-0.39, 0.29) is 22.6 Å². The summed E-state index contributed by atoms with van der Waals surface area (Å²) in [7, 11) is 0. The summed E-state index contributed by atoms with van der Waals surface area (Å²) in [4.78, 5) is 14.1. The Morgan fingerprint density at radius 1 is 1.32 bits per heavy atom. The molecule has 0 aliphatic carbocycles. The molecule has 1 aromatic carbocycles. The minimum absolute atomic E-state index is 0.0612. The Balaban J connectivity index is 2.36. The van der Waals surface area contributed by atoms with Crippen LogP contribution in [0.1, 0.15) is 29.8 Å². The summed E-state index contributed by atoms with van der Waals surface area (Å²) in [5, 5.41) is 3.20. The van der Waals surface area contributed by atoms with E-state index in [4.69, 9.17) is 0 Å². The van der Waals surface area contributed by atoms with Crippen molar-refractivity contribution >= 4 is 5.91 Å². The first-order valence-corrected chi connectivity index (χ1v) is 6.31. The average Bonchev–Trinajstić information content (AvgIpc) is 2.32. The molecule has 1 aromatic rings. The second-order valence-electron chi connectivity index (χ2n) is 5.53. The van der Waals surface area contributed by atoms with Gasteiger partial charge in [-0.2, -0.15) is 0 Å². The van der Waals surface area contributed by atoms with Gasteiger partial charge in [0.05, 0.1) is 11.1 Å². The number of piperazine rings is 1. The summed E-state index contributed by atoms with van der Waals surface area (Å²) < 4.78 is 27.0. The van der Waals surface area contributed by atoms with Crippen LogP contribution in [0.15, 0.2) is 12.1 Å². The molecular weight excluding hydrogens is 250 g/mol. The molecule has 0 radical (unpaired) electrons. The number of benzene rings is 1. The predicted octanol–water partition coefficient (Wildman–Crippen LogP) is 2.10. The number of nitrogens with zero attached hydrogens (tertiary/aromatic N) is 1. The van der Waals surface area contributed by atoms with Gasteiger partial charge in [0.25, 0.3) is 5.91 Å². The summed E-state index contributed by atoms with van der Waals surface area (Å²) in [6.07, 6.45) is 0. The Bertz CT molecular complexity index is 514. The van der Waals surface area contributed by atoms with Crippen molar-refractivity contribution in [2.75, 3.05) is 19.6 Å². The normalized spacial score (nSPS) is 18.5. The molecule has 1 amide bonds. The van der Waals surface area contributed by atoms with E-state index in [1.807, 2.05) is 13.8 Å². The number of rotatable bonds is 1. The standard InChI is InChI=1S/C14H18F2N2O/c1-9-6-10(12(16)7-11(9)15)13(19)18-5-4-17-8-14(18,2)3/h6-7,17H,4-5,8H2,1-3H3. The van der Waals surface area contributed by atoms with Crippen LogP contribution in [0, 0.1) is 18.6 Å². The lowest BCUT2D eigenvalue weighted by atomic mass is 9.98. The number of carbonyl (C=O) groups excluding carboxylic acids is 1. The number of hydrogen-bond donors (Lipinski definition) is 1. The number of nitrogens with one attached hydrogen (secondary N) is 1. The van der Waals surface area contributed by atoms with Crippen LogP contribution in [0.25, 0.3) is 0 Å². The van der Waals surface area contributed by atoms with E-state index >= 15 is 0 Å². The van der Waals surface area contributed by atoms with Crippen molar-refractivity contribution in [1.29, 1.82) is 0 Å². The number of halogens is 2. The summed E-state index contributed by atoms with van der Waals surface area (Å²) in [5.41, 5.74) is -0.170. The molecule has 1 aliphatic heterocycles. The molecule has 0 atom stereocenters. The van der Waals surface area contributed by atoms with Crippen LogP contribution < -0.4 is 5.32 Å². The Labute approximate surface area is 111 Å². The minimum Gasteiger partial charge on any atom is -0.331 e. The lowest BCUT2D eigenvalue weighted by Crippen LogP contribution is -2.60. The molecule has 5 heteroatoms. The molecule has 0 saturated carbocycles.